The Morgan fingerprint density at radius 1 is 0.767 bits per heavy atom. The van der Waals surface area contributed by atoms with Crippen molar-refractivity contribution < 1.29 is 24.2 Å². The van der Waals surface area contributed by atoms with E-state index in [4.69, 9.17) is 4.74 Å². The van der Waals surface area contributed by atoms with Gasteiger partial charge < -0.3 is 19.6 Å². The second-order valence-corrected chi connectivity index (χ2v) is 16.8. The third-order valence-corrected chi connectivity index (χ3v) is 13.1. The summed E-state index contributed by atoms with van der Waals surface area (Å²) in [6, 6.07) is 39.7. The molecule has 3 amide bonds. The molecule has 2 N–H and O–H groups in total. The summed E-state index contributed by atoms with van der Waals surface area (Å²) in [5.74, 6) is 0.307. The number of fused-ring (bicyclic) bond motifs is 2. The number of carbonyl (C=O) groups is 3. The van der Waals surface area contributed by atoms with Crippen LogP contribution in [0.15, 0.2) is 115 Å². The van der Waals surface area contributed by atoms with E-state index in [-0.39, 0.29) is 29.9 Å². The molecule has 2 atom stereocenters. The average molecular weight is 800 g/mol. The number of nitrogens with zero attached hydrogens (tertiary/aromatic N) is 2. The Labute approximate surface area is 352 Å². The van der Waals surface area contributed by atoms with Crippen LogP contribution in [0.5, 0.6) is 11.5 Å². The molecule has 5 aromatic rings. The highest BCUT2D eigenvalue weighted by atomic mass is 16.5. The number of carbonyl (C=O) groups excluding carboxylic acids is 3. The van der Waals surface area contributed by atoms with Gasteiger partial charge in [-0.25, -0.2) is 0 Å². The molecule has 2 fully saturated rings. The van der Waals surface area contributed by atoms with Gasteiger partial charge in [0, 0.05) is 36.3 Å². The Morgan fingerprint density at radius 2 is 1.47 bits per heavy atom. The number of nitrogens with one attached hydrogen (secondary N) is 1. The number of imide groups is 1. The number of hydrogen-bond acceptors (Lipinski definition) is 6. The molecule has 8 heteroatoms. The van der Waals surface area contributed by atoms with Gasteiger partial charge in [0.25, 0.3) is 5.91 Å². The molecule has 4 aliphatic rings. The minimum Gasteiger partial charge on any atom is -0.508 e. The Balaban J connectivity index is 0.880. The average Bonchev–Trinajstić information content (AvgIpc) is 3.81. The largest absolute Gasteiger partial charge is 0.508 e. The summed E-state index contributed by atoms with van der Waals surface area (Å²) in [6.07, 6.45) is 10.8. The molecule has 8 nitrogen and oxygen atoms in total. The fraction of sp³-hybridized carbons (Fsp3) is 0.327. The van der Waals surface area contributed by atoms with E-state index in [1.54, 1.807) is 17.0 Å². The lowest BCUT2D eigenvalue weighted by Gasteiger charge is -2.38. The van der Waals surface area contributed by atoms with Gasteiger partial charge in [0.05, 0.1) is 6.61 Å². The van der Waals surface area contributed by atoms with E-state index in [1.165, 1.54) is 54.5 Å². The van der Waals surface area contributed by atoms with Gasteiger partial charge >= 0.3 is 0 Å². The molecule has 0 aromatic heterocycles. The lowest BCUT2D eigenvalue weighted by atomic mass is 9.88. The summed E-state index contributed by atoms with van der Waals surface area (Å²) in [7, 11) is 0. The van der Waals surface area contributed by atoms with E-state index in [0.717, 1.165) is 64.8 Å². The van der Waals surface area contributed by atoms with E-state index < -0.39 is 6.04 Å². The Kier molecular flexibility index (Phi) is 11.3. The maximum absolute atomic E-state index is 13.3. The number of hydrogen-bond donors (Lipinski definition) is 2. The van der Waals surface area contributed by atoms with Crippen LogP contribution in [0.25, 0.3) is 22.3 Å². The first-order valence-electron chi connectivity index (χ1n) is 21.8. The van der Waals surface area contributed by atoms with Gasteiger partial charge in [-0.05, 0) is 144 Å². The summed E-state index contributed by atoms with van der Waals surface area (Å²) in [4.78, 5) is 42.0. The van der Waals surface area contributed by atoms with Crippen LogP contribution < -0.4 is 15.0 Å². The second kappa shape index (κ2) is 17.2. The van der Waals surface area contributed by atoms with Crippen LogP contribution in [0.1, 0.15) is 109 Å². The van der Waals surface area contributed by atoms with Crippen molar-refractivity contribution in [3.63, 3.8) is 0 Å². The number of amides is 3. The van der Waals surface area contributed by atoms with Crippen molar-refractivity contribution in [2.24, 2.45) is 0 Å². The van der Waals surface area contributed by atoms with Crippen molar-refractivity contribution in [3.8, 4) is 22.6 Å². The number of phenolic OH excluding ortho intramolecular Hbond substituents is 1. The van der Waals surface area contributed by atoms with E-state index in [2.05, 4.69) is 89.9 Å². The highest BCUT2D eigenvalue weighted by Crippen LogP contribution is 2.42. The van der Waals surface area contributed by atoms with E-state index in [9.17, 15) is 19.5 Å². The minimum atomic E-state index is -0.618. The normalized spacial score (nSPS) is 19.5. The molecule has 0 spiro atoms. The molecular formula is C52H53N3O5. The maximum atomic E-state index is 13.3. The summed E-state index contributed by atoms with van der Waals surface area (Å²) >= 11 is 0. The van der Waals surface area contributed by atoms with Crippen LogP contribution in [-0.4, -0.2) is 52.5 Å². The van der Waals surface area contributed by atoms with Gasteiger partial charge in [-0.1, -0.05) is 92.9 Å². The Hall–Kier alpha value is -6.15. The molecule has 1 saturated heterocycles. The zero-order valence-corrected chi connectivity index (χ0v) is 34.4. The van der Waals surface area contributed by atoms with Gasteiger partial charge in [0.2, 0.25) is 11.8 Å². The highest BCUT2D eigenvalue weighted by Gasteiger charge is 2.39. The number of rotatable bonds is 12. The fourth-order valence-electron chi connectivity index (χ4n) is 10.1. The first-order valence-corrected chi connectivity index (χ1v) is 21.8. The molecular weight excluding hydrogens is 747 g/mol. The maximum Gasteiger partial charge on any atom is 0.255 e. The molecule has 1 saturated carbocycles. The van der Waals surface area contributed by atoms with Crippen LogP contribution in [-0.2, 0) is 22.6 Å². The standard InChI is InChI=1S/C52H53N3O5/c1-2-45(34-10-5-3-6-11-34)50(35-15-21-43(56)22-16-35)36-17-23-44(24-18-36)60-29-9-14-42-32-39-30-38(20-26-47(39)55(42)41-12-7-4-8-13-41)37-19-25-46-40(31-37)33-54(52(46)59)48-27-28-49(57)53-51(48)58/h3,5-6,10-11,15-26,30-31,41-42,48,56H,2,4,7-9,12-14,27-29,32-33H2,1H3,(H,53,57,58)/b50-45-. The topological polar surface area (TPSA) is 99.2 Å². The van der Waals surface area contributed by atoms with Crippen LogP contribution in [0, 0.1) is 0 Å². The van der Waals surface area contributed by atoms with Crippen molar-refractivity contribution >= 4 is 34.6 Å². The van der Waals surface area contributed by atoms with Gasteiger partial charge in [0.15, 0.2) is 0 Å². The highest BCUT2D eigenvalue weighted by molar-refractivity contribution is 6.05. The summed E-state index contributed by atoms with van der Waals surface area (Å²) in [6.45, 7) is 3.20. The third-order valence-electron chi connectivity index (χ3n) is 13.1. The fourth-order valence-corrected chi connectivity index (χ4v) is 10.1. The lowest BCUT2D eigenvalue weighted by Crippen LogP contribution is -2.52. The van der Waals surface area contributed by atoms with Crippen molar-refractivity contribution in [2.45, 2.75) is 102 Å². The van der Waals surface area contributed by atoms with Crippen LogP contribution in [0.4, 0.5) is 5.69 Å². The number of benzene rings is 5. The number of piperidine rings is 1. The molecule has 306 valence electrons. The Morgan fingerprint density at radius 3 is 2.18 bits per heavy atom. The zero-order chi connectivity index (χ0) is 41.2. The molecule has 1 aliphatic carbocycles. The predicted molar refractivity (Wildman–Crippen MR) is 237 cm³/mol. The predicted octanol–water partition coefficient (Wildman–Crippen LogP) is 10.1. The zero-order valence-electron chi connectivity index (χ0n) is 34.4. The van der Waals surface area contributed by atoms with Crippen molar-refractivity contribution in [2.75, 3.05) is 11.5 Å². The van der Waals surface area contributed by atoms with Crippen LogP contribution in [0.2, 0.25) is 0 Å². The molecule has 3 aliphatic heterocycles. The quantitative estimate of drug-likeness (QED) is 0.0741. The lowest BCUT2D eigenvalue weighted by molar-refractivity contribution is -0.136. The molecule has 60 heavy (non-hydrogen) atoms. The minimum absolute atomic E-state index is 0.145. The van der Waals surface area contributed by atoms with Gasteiger partial charge in [-0.3, -0.25) is 19.7 Å². The smallest absolute Gasteiger partial charge is 0.255 e. The van der Waals surface area contributed by atoms with Crippen LogP contribution >= 0.6 is 0 Å². The van der Waals surface area contributed by atoms with Gasteiger partial charge in [-0.2, -0.15) is 0 Å². The van der Waals surface area contributed by atoms with Crippen molar-refractivity contribution in [3.05, 3.63) is 149 Å². The number of phenols is 1. The summed E-state index contributed by atoms with van der Waals surface area (Å²) in [5.41, 5.74) is 12.3. The number of anilines is 1. The molecule has 9 rings (SSSR count). The summed E-state index contributed by atoms with van der Waals surface area (Å²) < 4.78 is 6.40. The van der Waals surface area contributed by atoms with Gasteiger partial charge in [0.1, 0.15) is 17.5 Å². The molecule has 0 bridgehead atoms. The Bertz CT molecular complexity index is 2420. The van der Waals surface area contributed by atoms with Crippen molar-refractivity contribution in [1.82, 2.24) is 10.2 Å². The number of ether oxygens (including phenoxy) is 1. The van der Waals surface area contributed by atoms with E-state index in [1.807, 2.05) is 30.3 Å². The molecule has 3 heterocycles. The first kappa shape index (κ1) is 39.3. The van der Waals surface area contributed by atoms with Gasteiger partial charge in [-0.15, -0.1) is 0 Å². The number of aromatic hydroxyl groups is 1. The summed E-state index contributed by atoms with van der Waals surface area (Å²) in [5, 5.41) is 12.4. The second-order valence-electron chi connectivity index (χ2n) is 16.8. The molecule has 0 radical (unpaired) electrons. The number of allylic oxidation sites excluding steroid dienone is 1. The van der Waals surface area contributed by atoms with E-state index >= 15 is 0 Å². The van der Waals surface area contributed by atoms with Crippen LogP contribution in [0.3, 0.4) is 0 Å². The SMILES string of the molecule is CC/C(=C(\c1ccc(O)cc1)c1ccc(OCCCC2Cc3cc(-c4ccc5c(c4)CN(C4CCC(=O)NC4=O)C5=O)ccc3N2C2CCCCC2)cc1)c1ccccc1. The van der Waals surface area contributed by atoms with E-state index in [0.29, 0.717) is 37.2 Å². The first-order chi connectivity index (χ1) is 29.3. The molecule has 5 aromatic carbocycles. The van der Waals surface area contributed by atoms with Crippen molar-refractivity contribution in [1.29, 1.82) is 0 Å². The monoisotopic (exact) mass is 799 g/mol. The molecule has 2 unspecified atom stereocenters. The third kappa shape index (κ3) is 7.95.